The summed E-state index contributed by atoms with van der Waals surface area (Å²) < 4.78 is 0. The summed E-state index contributed by atoms with van der Waals surface area (Å²) in [4.78, 5) is 0. The number of rotatable bonds is 5. The van der Waals surface area contributed by atoms with Crippen molar-refractivity contribution in [1.82, 2.24) is 0 Å². The lowest BCUT2D eigenvalue weighted by Crippen LogP contribution is -1.88. The van der Waals surface area contributed by atoms with Crippen LogP contribution in [0, 0.1) is 0 Å². The second-order valence-corrected chi connectivity index (χ2v) is 13.8. The summed E-state index contributed by atoms with van der Waals surface area (Å²) in [7, 11) is 0. The monoisotopic (exact) mass is 658 g/mol. The fourth-order valence-corrected chi connectivity index (χ4v) is 7.88. The molecular formula is C52H34. The highest BCUT2D eigenvalue weighted by Crippen LogP contribution is 2.38. The van der Waals surface area contributed by atoms with Crippen molar-refractivity contribution in [2.45, 2.75) is 0 Å². The van der Waals surface area contributed by atoms with E-state index in [1.165, 1.54) is 98.7 Å². The first-order valence-corrected chi connectivity index (χ1v) is 18.0. The third-order valence-corrected chi connectivity index (χ3v) is 10.6. The number of fused-ring (bicyclic) bond motifs is 6. The van der Waals surface area contributed by atoms with Crippen LogP contribution in [0.2, 0.25) is 0 Å². The molecule has 0 bridgehead atoms. The van der Waals surface area contributed by atoms with Gasteiger partial charge in [-0.2, -0.15) is 0 Å². The van der Waals surface area contributed by atoms with E-state index >= 15 is 0 Å². The smallest absolute Gasteiger partial charge is 0.0105 e. The molecule has 0 aromatic heterocycles. The van der Waals surface area contributed by atoms with Crippen LogP contribution in [0.3, 0.4) is 0 Å². The van der Waals surface area contributed by atoms with Crippen LogP contribution in [0.5, 0.6) is 0 Å². The zero-order chi connectivity index (χ0) is 34.4. The summed E-state index contributed by atoms with van der Waals surface area (Å²) in [6.45, 7) is 0. The fourth-order valence-electron chi connectivity index (χ4n) is 7.88. The van der Waals surface area contributed by atoms with Crippen molar-refractivity contribution >= 4 is 43.1 Å². The van der Waals surface area contributed by atoms with Gasteiger partial charge in [0, 0.05) is 0 Å². The standard InChI is InChI=1S/C52H34/c1-4-10-35(11-5-1)38-20-24-49-42(28-38)16-18-44-30-40(22-26-51(44)49)47-32-46(37-14-8-3-9-15-37)33-48(34-47)41-23-27-52-45(31-41)19-17-43-29-39(21-25-50(43)52)36-12-6-2-7-13-36/h1-34H. The molecule has 0 radical (unpaired) electrons. The van der Waals surface area contributed by atoms with Gasteiger partial charge in [-0.1, -0.05) is 164 Å². The molecule has 0 aliphatic heterocycles. The van der Waals surface area contributed by atoms with E-state index in [0.29, 0.717) is 0 Å². The molecule has 0 aliphatic rings. The molecule has 0 heterocycles. The van der Waals surface area contributed by atoms with Gasteiger partial charge in [0.2, 0.25) is 0 Å². The summed E-state index contributed by atoms with van der Waals surface area (Å²) in [6, 6.07) is 75.6. The van der Waals surface area contributed by atoms with Gasteiger partial charge >= 0.3 is 0 Å². The lowest BCUT2D eigenvalue weighted by atomic mass is 9.90. The van der Waals surface area contributed by atoms with E-state index in [-0.39, 0.29) is 0 Å². The van der Waals surface area contributed by atoms with E-state index in [1.54, 1.807) is 0 Å². The van der Waals surface area contributed by atoms with Crippen molar-refractivity contribution < 1.29 is 0 Å². The van der Waals surface area contributed by atoms with Crippen LogP contribution in [0.1, 0.15) is 0 Å². The maximum absolute atomic E-state index is 2.36. The Morgan fingerprint density at radius 3 is 0.712 bits per heavy atom. The second-order valence-electron chi connectivity index (χ2n) is 13.8. The van der Waals surface area contributed by atoms with Crippen LogP contribution in [0.4, 0.5) is 0 Å². The van der Waals surface area contributed by atoms with Gasteiger partial charge in [0.15, 0.2) is 0 Å². The SMILES string of the molecule is c1ccc(-c2cc(-c3ccc4c(ccc5cc(-c6ccccc6)ccc54)c3)cc(-c3ccc4c(ccc5cc(-c6ccccc6)ccc54)c3)c2)cc1. The van der Waals surface area contributed by atoms with Crippen LogP contribution in [-0.4, -0.2) is 0 Å². The van der Waals surface area contributed by atoms with Gasteiger partial charge in [0.1, 0.15) is 0 Å². The fraction of sp³-hybridized carbons (Fsp3) is 0. The Bertz CT molecular complexity index is 2740. The summed E-state index contributed by atoms with van der Waals surface area (Å²) in [6.07, 6.45) is 0. The molecule has 0 N–H and O–H groups in total. The van der Waals surface area contributed by atoms with Gasteiger partial charge < -0.3 is 0 Å². The summed E-state index contributed by atoms with van der Waals surface area (Å²) in [5.41, 5.74) is 12.3. The number of hydrogen-bond acceptors (Lipinski definition) is 0. The van der Waals surface area contributed by atoms with Crippen LogP contribution >= 0.6 is 0 Å². The van der Waals surface area contributed by atoms with Gasteiger partial charge in [-0.05, 0) is 141 Å². The molecule has 0 saturated carbocycles. The Morgan fingerprint density at radius 2 is 0.404 bits per heavy atom. The number of benzene rings is 10. The molecule has 0 nitrogen and oxygen atoms in total. The molecule has 10 aromatic carbocycles. The lowest BCUT2D eigenvalue weighted by Gasteiger charge is -2.14. The molecular weight excluding hydrogens is 625 g/mol. The van der Waals surface area contributed by atoms with Gasteiger partial charge in [0.25, 0.3) is 0 Å². The van der Waals surface area contributed by atoms with Crippen molar-refractivity contribution in [2.75, 3.05) is 0 Å². The molecule has 10 rings (SSSR count). The molecule has 10 aromatic rings. The first-order chi connectivity index (χ1) is 25.7. The minimum Gasteiger partial charge on any atom is -0.0622 e. The van der Waals surface area contributed by atoms with Gasteiger partial charge in [-0.25, -0.2) is 0 Å². The molecule has 0 aliphatic carbocycles. The van der Waals surface area contributed by atoms with Crippen molar-refractivity contribution in [2.24, 2.45) is 0 Å². The van der Waals surface area contributed by atoms with Crippen molar-refractivity contribution in [3.8, 4) is 55.6 Å². The first kappa shape index (κ1) is 30.1. The Kier molecular flexibility index (Phi) is 7.25. The normalized spacial score (nSPS) is 11.5. The zero-order valence-electron chi connectivity index (χ0n) is 28.6. The molecule has 0 atom stereocenters. The van der Waals surface area contributed by atoms with E-state index in [1.807, 2.05) is 0 Å². The molecule has 0 spiro atoms. The Labute approximate surface area is 303 Å². The van der Waals surface area contributed by atoms with Crippen LogP contribution in [0.15, 0.2) is 206 Å². The predicted octanol–water partition coefficient (Wildman–Crippen LogP) is 14.6. The summed E-state index contributed by atoms with van der Waals surface area (Å²) in [5.74, 6) is 0. The third kappa shape index (κ3) is 5.43. The molecule has 0 amide bonds. The van der Waals surface area contributed by atoms with E-state index in [0.717, 1.165) is 0 Å². The highest BCUT2D eigenvalue weighted by atomic mass is 14.2. The minimum absolute atomic E-state index is 1.21. The largest absolute Gasteiger partial charge is 0.0622 e. The van der Waals surface area contributed by atoms with Gasteiger partial charge in [-0.15, -0.1) is 0 Å². The Hall–Kier alpha value is -6.76. The van der Waals surface area contributed by atoms with Crippen LogP contribution in [0.25, 0.3) is 98.7 Å². The quantitative estimate of drug-likeness (QED) is 0.161. The molecule has 0 fully saturated rings. The van der Waals surface area contributed by atoms with Gasteiger partial charge in [-0.3, -0.25) is 0 Å². The lowest BCUT2D eigenvalue weighted by molar-refractivity contribution is 1.58. The Morgan fingerprint density at radius 1 is 0.154 bits per heavy atom. The molecule has 0 unspecified atom stereocenters. The molecule has 52 heavy (non-hydrogen) atoms. The highest BCUT2D eigenvalue weighted by molar-refractivity contribution is 6.11. The molecule has 0 heteroatoms. The third-order valence-electron chi connectivity index (χ3n) is 10.6. The summed E-state index contributed by atoms with van der Waals surface area (Å²) >= 11 is 0. The van der Waals surface area contributed by atoms with E-state index in [9.17, 15) is 0 Å². The van der Waals surface area contributed by atoms with Crippen molar-refractivity contribution in [3.63, 3.8) is 0 Å². The minimum atomic E-state index is 1.21. The van der Waals surface area contributed by atoms with Gasteiger partial charge in [0.05, 0.1) is 0 Å². The highest BCUT2D eigenvalue weighted by Gasteiger charge is 2.12. The predicted molar refractivity (Wildman–Crippen MR) is 224 cm³/mol. The topological polar surface area (TPSA) is 0 Å². The van der Waals surface area contributed by atoms with E-state index < -0.39 is 0 Å². The average Bonchev–Trinajstić information content (AvgIpc) is 3.23. The first-order valence-electron chi connectivity index (χ1n) is 18.0. The average molecular weight is 659 g/mol. The zero-order valence-corrected chi connectivity index (χ0v) is 28.6. The van der Waals surface area contributed by atoms with E-state index in [4.69, 9.17) is 0 Å². The van der Waals surface area contributed by atoms with Crippen LogP contribution < -0.4 is 0 Å². The molecule has 0 saturated heterocycles. The maximum atomic E-state index is 2.36. The number of hydrogen-bond donors (Lipinski definition) is 0. The second kappa shape index (κ2) is 12.5. The van der Waals surface area contributed by atoms with Crippen molar-refractivity contribution in [3.05, 3.63) is 206 Å². The van der Waals surface area contributed by atoms with Crippen molar-refractivity contribution in [1.29, 1.82) is 0 Å². The molecule has 242 valence electrons. The van der Waals surface area contributed by atoms with Crippen LogP contribution in [-0.2, 0) is 0 Å². The maximum Gasteiger partial charge on any atom is -0.0105 e. The summed E-state index contributed by atoms with van der Waals surface area (Å²) in [5, 5.41) is 10.1. The van der Waals surface area contributed by atoms with E-state index in [2.05, 4.69) is 206 Å². The Balaban J connectivity index is 1.06.